The van der Waals surface area contributed by atoms with Gasteiger partial charge in [-0.1, -0.05) is 39.1 Å². The Morgan fingerprint density at radius 2 is 1.87 bits per heavy atom. The van der Waals surface area contributed by atoms with E-state index in [4.69, 9.17) is 33.7 Å². The highest BCUT2D eigenvalue weighted by Crippen LogP contribution is 2.31. The first kappa shape index (κ1) is 15.5. The number of aromatic nitrogens is 5. The van der Waals surface area contributed by atoms with Crippen molar-refractivity contribution in [1.82, 2.24) is 25.0 Å². The fourth-order valence-corrected chi connectivity index (χ4v) is 3.22. The molecule has 0 aliphatic carbocycles. The summed E-state index contributed by atoms with van der Waals surface area (Å²) in [6.07, 6.45) is 1.43. The quantitative estimate of drug-likeness (QED) is 0.698. The van der Waals surface area contributed by atoms with Gasteiger partial charge in [-0.2, -0.15) is 15.6 Å². The maximum Gasteiger partial charge on any atom is 0.177 e. The van der Waals surface area contributed by atoms with E-state index in [1.807, 2.05) is 12.1 Å². The van der Waals surface area contributed by atoms with Crippen LogP contribution in [0, 0.1) is 22.7 Å². The van der Waals surface area contributed by atoms with E-state index in [9.17, 15) is 0 Å². The van der Waals surface area contributed by atoms with Crippen molar-refractivity contribution in [2.24, 2.45) is 0 Å². The van der Waals surface area contributed by atoms with Gasteiger partial charge in [0.1, 0.15) is 23.5 Å². The average Bonchev–Trinajstić information content (AvgIpc) is 3.12. The van der Waals surface area contributed by atoms with Crippen LogP contribution in [-0.4, -0.2) is 25.0 Å². The number of halogens is 3. The predicted octanol–water partition coefficient (Wildman–Crippen LogP) is 3.47. The molecule has 0 spiro atoms. The number of benzene rings is 1. The number of nitriles is 2. The number of H-pyrrole nitrogens is 1. The van der Waals surface area contributed by atoms with Crippen molar-refractivity contribution < 1.29 is 0 Å². The lowest BCUT2D eigenvalue weighted by Crippen LogP contribution is -2.01. The second-order valence-corrected chi connectivity index (χ2v) is 6.00. The topological polar surface area (TPSA) is 107 Å². The second-order valence-electron chi connectivity index (χ2n) is 4.27. The minimum Gasteiger partial charge on any atom is -0.327 e. The summed E-state index contributed by atoms with van der Waals surface area (Å²) in [5.74, 6) is 0.258. The Hall–Kier alpha value is -2.39. The Bertz CT molecular complexity index is 938. The minimum absolute atomic E-state index is 0.00300. The molecule has 3 aromatic rings. The van der Waals surface area contributed by atoms with Crippen molar-refractivity contribution in [2.45, 2.75) is 0 Å². The zero-order valence-corrected chi connectivity index (χ0v) is 14.1. The molecule has 0 fully saturated rings. The Balaban J connectivity index is 2.07. The molecule has 0 amide bonds. The SMILES string of the molecule is N#Cc1nc(-c2cnn(-c3c(Cl)cc(Br)cc3Cl)n2)[nH]c1C#N. The molecule has 7 nitrogen and oxygen atoms in total. The summed E-state index contributed by atoms with van der Waals surface area (Å²) < 4.78 is 0.729. The summed E-state index contributed by atoms with van der Waals surface area (Å²) in [5.41, 5.74) is 0.821. The molecule has 0 aliphatic rings. The van der Waals surface area contributed by atoms with Gasteiger partial charge in [0, 0.05) is 4.47 Å². The summed E-state index contributed by atoms with van der Waals surface area (Å²) in [6.45, 7) is 0. The number of rotatable bonds is 2. The van der Waals surface area contributed by atoms with Crippen LogP contribution < -0.4 is 0 Å². The maximum atomic E-state index is 8.94. The van der Waals surface area contributed by atoms with E-state index in [1.165, 1.54) is 11.0 Å². The first-order chi connectivity index (χ1) is 11.0. The van der Waals surface area contributed by atoms with Crippen LogP contribution in [0.25, 0.3) is 17.2 Å². The first-order valence-electron chi connectivity index (χ1n) is 6.01. The normalized spacial score (nSPS) is 10.3. The van der Waals surface area contributed by atoms with Crippen LogP contribution in [-0.2, 0) is 0 Å². The molecule has 0 radical (unpaired) electrons. The second kappa shape index (κ2) is 6.01. The highest BCUT2D eigenvalue weighted by Gasteiger charge is 2.16. The van der Waals surface area contributed by atoms with E-state index < -0.39 is 0 Å². The van der Waals surface area contributed by atoms with Crippen molar-refractivity contribution in [2.75, 3.05) is 0 Å². The van der Waals surface area contributed by atoms with Crippen molar-refractivity contribution in [3.63, 3.8) is 0 Å². The van der Waals surface area contributed by atoms with Crippen LogP contribution in [0.15, 0.2) is 22.8 Å². The fraction of sp³-hybridized carbons (Fsp3) is 0. The van der Waals surface area contributed by atoms with Gasteiger partial charge >= 0.3 is 0 Å². The summed E-state index contributed by atoms with van der Waals surface area (Å²) in [7, 11) is 0. The number of hydrogen-bond donors (Lipinski definition) is 1. The molecule has 0 saturated heterocycles. The molecular weight excluding hydrogens is 405 g/mol. The Kier molecular flexibility index (Phi) is 4.05. The molecule has 1 N–H and O–H groups in total. The summed E-state index contributed by atoms with van der Waals surface area (Å²) >= 11 is 15.6. The number of nitrogens with zero attached hydrogens (tertiary/aromatic N) is 6. The number of aromatic amines is 1. The molecule has 23 heavy (non-hydrogen) atoms. The van der Waals surface area contributed by atoms with E-state index in [0.717, 1.165) is 4.47 Å². The van der Waals surface area contributed by atoms with Crippen molar-refractivity contribution in [3.8, 4) is 29.3 Å². The molecule has 0 saturated carbocycles. The van der Waals surface area contributed by atoms with Crippen LogP contribution in [0.5, 0.6) is 0 Å². The van der Waals surface area contributed by atoms with Gasteiger partial charge in [-0.05, 0) is 12.1 Å². The highest BCUT2D eigenvalue weighted by molar-refractivity contribution is 9.10. The standard InChI is InChI=1S/C13H4BrCl2N7/c14-6-1-7(15)12(8(16)2-6)23-19-5-11(22-23)13-20-9(3-17)10(4-18)21-13/h1-2,5H,(H,20,21). The minimum atomic E-state index is -0.00300. The Morgan fingerprint density at radius 1 is 1.17 bits per heavy atom. The van der Waals surface area contributed by atoms with Gasteiger partial charge in [0.2, 0.25) is 0 Å². The van der Waals surface area contributed by atoms with Crippen molar-refractivity contribution in [1.29, 1.82) is 10.5 Å². The van der Waals surface area contributed by atoms with Gasteiger partial charge in [-0.25, -0.2) is 4.98 Å². The highest BCUT2D eigenvalue weighted by atomic mass is 79.9. The van der Waals surface area contributed by atoms with Gasteiger partial charge in [0.05, 0.1) is 16.2 Å². The van der Waals surface area contributed by atoms with Crippen molar-refractivity contribution in [3.05, 3.63) is 44.2 Å². The summed E-state index contributed by atoms with van der Waals surface area (Å²) in [4.78, 5) is 7.98. The van der Waals surface area contributed by atoms with Crippen LogP contribution in [0.2, 0.25) is 10.0 Å². The molecule has 0 aliphatic heterocycles. The monoisotopic (exact) mass is 407 g/mol. The predicted molar refractivity (Wildman–Crippen MR) is 86.1 cm³/mol. The van der Waals surface area contributed by atoms with Gasteiger partial charge in [-0.15, -0.1) is 9.90 Å². The van der Waals surface area contributed by atoms with Crippen LogP contribution in [0.1, 0.15) is 11.4 Å². The van der Waals surface area contributed by atoms with Crippen LogP contribution in [0.3, 0.4) is 0 Å². The molecule has 0 bridgehead atoms. The number of imidazole rings is 1. The van der Waals surface area contributed by atoms with E-state index in [-0.39, 0.29) is 17.2 Å². The molecule has 0 unspecified atom stereocenters. The van der Waals surface area contributed by atoms with Crippen molar-refractivity contribution >= 4 is 39.1 Å². The molecular formula is C13H4BrCl2N7. The van der Waals surface area contributed by atoms with E-state index in [0.29, 0.717) is 21.4 Å². The maximum absolute atomic E-state index is 8.94. The Labute approximate surface area is 148 Å². The van der Waals surface area contributed by atoms with E-state index in [2.05, 4.69) is 36.1 Å². The zero-order valence-electron chi connectivity index (χ0n) is 11.0. The van der Waals surface area contributed by atoms with Gasteiger partial charge in [0.15, 0.2) is 17.2 Å². The lowest BCUT2D eigenvalue weighted by Gasteiger charge is -2.05. The smallest absolute Gasteiger partial charge is 0.177 e. The molecule has 3 rings (SSSR count). The zero-order chi connectivity index (χ0) is 16.6. The third-order valence-corrected chi connectivity index (χ3v) is 3.87. The summed E-state index contributed by atoms with van der Waals surface area (Å²) in [5, 5.41) is 26.9. The van der Waals surface area contributed by atoms with Gasteiger partial charge in [0.25, 0.3) is 0 Å². The fourth-order valence-electron chi connectivity index (χ4n) is 1.86. The average molecular weight is 409 g/mol. The molecule has 2 aromatic heterocycles. The molecule has 10 heteroatoms. The third-order valence-electron chi connectivity index (χ3n) is 2.84. The molecule has 1 aromatic carbocycles. The number of hydrogen-bond acceptors (Lipinski definition) is 5. The van der Waals surface area contributed by atoms with Crippen LogP contribution >= 0.6 is 39.1 Å². The molecule has 0 atom stereocenters. The van der Waals surface area contributed by atoms with Gasteiger partial charge in [-0.3, -0.25) is 0 Å². The molecule has 112 valence electrons. The third kappa shape index (κ3) is 2.80. The molecule has 2 heterocycles. The lowest BCUT2D eigenvalue weighted by molar-refractivity contribution is 0.753. The lowest BCUT2D eigenvalue weighted by atomic mass is 10.3. The van der Waals surface area contributed by atoms with Crippen LogP contribution in [0.4, 0.5) is 0 Å². The Morgan fingerprint density at radius 3 is 2.43 bits per heavy atom. The van der Waals surface area contributed by atoms with E-state index >= 15 is 0 Å². The van der Waals surface area contributed by atoms with Gasteiger partial charge < -0.3 is 4.98 Å². The largest absolute Gasteiger partial charge is 0.327 e. The van der Waals surface area contributed by atoms with E-state index in [1.54, 1.807) is 12.1 Å². The first-order valence-corrected chi connectivity index (χ1v) is 7.56. The summed E-state index contributed by atoms with van der Waals surface area (Å²) in [6, 6.07) is 7.02. The number of nitrogens with one attached hydrogen (secondary N) is 1.